The zero-order chi connectivity index (χ0) is 21.4. The predicted octanol–water partition coefficient (Wildman–Crippen LogP) is 4.47. The molecule has 0 aliphatic carbocycles. The molecule has 0 aliphatic rings. The third-order valence-electron chi connectivity index (χ3n) is 3.78. The van der Waals surface area contributed by atoms with Gasteiger partial charge in [-0.1, -0.05) is 37.6 Å². The molecular weight excluding hydrogens is 410 g/mol. The molecular formula is C21H22ClN3O3S. The number of halogens is 1. The number of thiocarbonyl (C=S) groups is 1. The summed E-state index contributed by atoms with van der Waals surface area (Å²) in [5, 5.41) is 9.04. The van der Waals surface area contributed by atoms with Crippen LogP contribution in [-0.4, -0.2) is 24.0 Å². The van der Waals surface area contributed by atoms with Gasteiger partial charge >= 0.3 is 0 Å². The minimum Gasteiger partial charge on any atom is -0.494 e. The van der Waals surface area contributed by atoms with Crippen LogP contribution < -0.4 is 20.7 Å². The first-order valence-electron chi connectivity index (χ1n) is 8.83. The number of hydrogen-bond donors (Lipinski definition) is 3. The molecule has 0 atom stereocenters. The van der Waals surface area contributed by atoms with Gasteiger partial charge in [-0.05, 0) is 48.1 Å². The summed E-state index contributed by atoms with van der Waals surface area (Å²) in [6, 6.07) is 12.2. The summed E-state index contributed by atoms with van der Waals surface area (Å²) >= 11 is 11.0. The second-order valence-corrected chi connectivity index (χ2v) is 7.23. The maximum absolute atomic E-state index is 12.0. The van der Waals surface area contributed by atoms with E-state index in [1.165, 1.54) is 13.2 Å². The van der Waals surface area contributed by atoms with Crippen LogP contribution in [0.15, 0.2) is 48.5 Å². The van der Waals surface area contributed by atoms with Gasteiger partial charge in [0.1, 0.15) is 5.75 Å². The molecule has 29 heavy (non-hydrogen) atoms. The van der Waals surface area contributed by atoms with Crippen molar-refractivity contribution in [2.45, 2.75) is 13.8 Å². The first-order chi connectivity index (χ1) is 13.8. The molecule has 0 heterocycles. The Morgan fingerprint density at radius 2 is 1.79 bits per heavy atom. The molecule has 2 rings (SSSR count). The highest BCUT2D eigenvalue weighted by Gasteiger charge is 2.12. The summed E-state index contributed by atoms with van der Waals surface area (Å²) < 4.78 is 5.32. The second-order valence-electron chi connectivity index (χ2n) is 6.39. The molecule has 0 saturated heterocycles. The fraction of sp³-hybridized carbons (Fsp3) is 0.190. The van der Waals surface area contributed by atoms with Crippen LogP contribution in [0, 0.1) is 5.92 Å². The van der Waals surface area contributed by atoms with E-state index in [2.05, 4.69) is 16.0 Å². The van der Waals surface area contributed by atoms with Gasteiger partial charge in [0, 0.05) is 28.8 Å². The highest BCUT2D eigenvalue weighted by atomic mass is 35.5. The molecule has 0 saturated carbocycles. The van der Waals surface area contributed by atoms with Crippen molar-refractivity contribution in [2.75, 3.05) is 17.7 Å². The third kappa shape index (κ3) is 7.21. The number of hydrogen-bond acceptors (Lipinski definition) is 4. The van der Waals surface area contributed by atoms with E-state index in [1.54, 1.807) is 62.4 Å². The van der Waals surface area contributed by atoms with Crippen molar-refractivity contribution in [2.24, 2.45) is 5.92 Å². The molecule has 0 bridgehead atoms. The largest absolute Gasteiger partial charge is 0.494 e. The highest BCUT2D eigenvalue weighted by molar-refractivity contribution is 7.80. The van der Waals surface area contributed by atoms with Crippen molar-refractivity contribution in [3.63, 3.8) is 0 Å². The van der Waals surface area contributed by atoms with Crippen molar-refractivity contribution in [1.82, 2.24) is 5.32 Å². The lowest BCUT2D eigenvalue weighted by Crippen LogP contribution is -2.32. The Hall–Kier alpha value is -2.90. The summed E-state index contributed by atoms with van der Waals surface area (Å²) in [6.07, 6.45) is 3.03. The molecule has 2 amide bonds. The van der Waals surface area contributed by atoms with E-state index < -0.39 is 0 Å². The first kappa shape index (κ1) is 22.4. The Kier molecular flexibility index (Phi) is 8.18. The molecule has 8 heteroatoms. The molecule has 0 fully saturated rings. The average molecular weight is 432 g/mol. The van der Waals surface area contributed by atoms with E-state index in [4.69, 9.17) is 28.6 Å². The molecule has 6 nitrogen and oxygen atoms in total. The van der Waals surface area contributed by atoms with Crippen molar-refractivity contribution >= 4 is 58.2 Å². The second kappa shape index (κ2) is 10.6. The van der Waals surface area contributed by atoms with E-state index in [0.717, 1.165) is 5.56 Å². The molecule has 2 aromatic rings. The van der Waals surface area contributed by atoms with E-state index in [0.29, 0.717) is 22.1 Å². The van der Waals surface area contributed by atoms with Crippen LogP contribution in [0.3, 0.4) is 0 Å². The van der Waals surface area contributed by atoms with Gasteiger partial charge in [-0.25, -0.2) is 0 Å². The SMILES string of the molecule is COc1cc(NC(=S)NC(=O)/C=C/c2ccc(Cl)cc2)ccc1NC(=O)C(C)C. The molecule has 0 unspecified atom stereocenters. The zero-order valence-corrected chi connectivity index (χ0v) is 17.9. The number of ether oxygens (including phenoxy) is 1. The van der Waals surface area contributed by atoms with E-state index in [1.807, 2.05) is 0 Å². The normalized spacial score (nSPS) is 10.7. The number of benzene rings is 2. The van der Waals surface area contributed by atoms with Crippen molar-refractivity contribution in [3.05, 3.63) is 59.1 Å². The number of methoxy groups -OCH3 is 1. The van der Waals surface area contributed by atoms with Crippen molar-refractivity contribution < 1.29 is 14.3 Å². The Labute approximate surface area is 180 Å². The van der Waals surface area contributed by atoms with Gasteiger partial charge in [0.15, 0.2) is 5.11 Å². The van der Waals surface area contributed by atoms with Crippen molar-refractivity contribution in [3.8, 4) is 5.75 Å². The van der Waals surface area contributed by atoms with Gasteiger partial charge in [-0.15, -0.1) is 0 Å². The lowest BCUT2D eigenvalue weighted by atomic mass is 10.2. The standard InChI is InChI=1S/C21H22ClN3O3S/c1-13(2)20(27)24-17-10-9-16(12-18(17)28-3)23-21(29)25-19(26)11-6-14-4-7-15(22)8-5-14/h4-13H,1-3H3,(H,24,27)(H2,23,25,26,29)/b11-6+. The molecule has 3 N–H and O–H groups in total. The average Bonchev–Trinajstić information content (AvgIpc) is 2.68. The quantitative estimate of drug-likeness (QED) is 0.464. The van der Waals surface area contributed by atoms with Gasteiger partial charge in [0.25, 0.3) is 0 Å². The van der Waals surface area contributed by atoms with Crippen molar-refractivity contribution in [1.29, 1.82) is 0 Å². The molecule has 0 aromatic heterocycles. The number of carbonyl (C=O) groups is 2. The van der Waals surface area contributed by atoms with Gasteiger partial charge in [0.05, 0.1) is 12.8 Å². The van der Waals surface area contributed by atoms with E-state index >= 15 is 0 Å². The summed E-state index contributed by atoms with van der Waals surface area (Å²) in [7, 11) is 1.51. The van der Waals surface area contributed by atoms with E-state index in [-0.39, 0.29) is 22.8 Å². The van der Waals surface area contributed by atoms with Gasteiger partial charge in [0.2, 0.25) is 11.8 Å². The number of carbonyl (C=O) groups excluding carboxylic acids is 2. The lowest BCUT2D eigenvalue weighted by Gasteiger charge is -2.14. The molecule has 2 aromatic carbocycles. The first-order valence-corrected chi connectivity index (χ1v) is 9.61. The Morgan fingerprint density at radius 3 is 2.41 bits per heavy atom. The minimum atomic E-state index is -0.370. The van der Waals surface area contributed by atoms with Crippen LogP contribution in [-0.2, 0) is 9.59 Å². The number of amides is 2. The smallest absolute Gasteiger partial charge is 0.250 e. The number of nitrogens with one attached hydrogen (secondary N) is 3. The van der Waals surface area contributed by atoms with Gasteiger partial charge in [-0.3, -0.25) is 14.9 Å². The zero-order valence-electron chi connectivity index (χ0n) is 16.3. The van der Waals surface area contributed by atoms with Gasteiger partial charge < -0.3 is 15.4 Å². The van der Waals surface area contributed by atoms with Crippen LogP contribution >= 0.6 is 23.8 Å². The predicted molar refractivity (Wildman–Crippen MR) is 121 cm³/mol. The van der Waals surface area contributed by atoms with Crippen LogP contribution in [0.4, 0.5) is 11.4 Å². The van der Waals surface area contributed by atoms with Crippen LogP contribution in [0.1, 0.15) is 19.4 Å². The summed E-state index contributed by atoms with van der Waals surface area (Å²) in [6.45, 7) is 3.61. The number of anilines is 2. The maximum Gasteiger partial charge on any atom is 0.250 e. The monoisotopic (exact) mass is 431 g/mol. The van der Waals surface area contributed by atoms with Crippen LogP contribution in [0.25, 0.3) is 6.08 Å². The summed E-state index contributed by atoms with van der Waals surface area (Å²) in [5.74, 6) is -0.161. The Bertz CT molecular complexity index is 927. The highest BCUT2D eigenvalue weighted by Crippen LogP contribution is 2.28. The van der Waals surface area contributed by atoms with Gasteiger partial charge in [-0.2, -0.15) is 0 Å². The Morgan fingerprint density at radius 1 is 1.10 bits per heavy atom. The molecule has 0 radical (unpaired) electrons. The fourth-order valence-corrected chi connectivity index (χ4v) is 2.56. The molecule has 152 valence electrons. The third-order valence-corrected chi connectivity index (χ3v) is 4.23. The summed E-state index contributed by atoms with van der Waals surface area (Å²) in [5.41, 5.74) is 2.00. The Balaban J connectivity index is 1.96. The molecule has 0 aliphatic heterocycles. The van der Waals surface area contributed by atoms with Crippen LogP contribution in [0.5, 0.6) is 5.75 Å². The lowest BCUT2D eigenvalue weighted by molar-refractivity contribution is -0.119. The minimum absolute atomic E-state index is 0.112. The van der Waals surface area contributed by atoms with Crippen LogP contribution in [0.2, 0.25) is 5.02 Å². The number of rotatable bonds is 6. The molecule has 0 spiro atoms. The fourth-order valence-electron chi connectivity index (χ4n) is 2.21. The van der Waals surface area contributed by atoms with E-state index in [9.17, 15) is 9.59 Å². The topological polar surface area (TPSA) is 79.5 Å². The summed E-state index contributed by atoms with van der Waals surface area (Å²) in [4.78, 5) is 23.9. The maximum atomic E-state index is 12.0.